The van der Waals surface area contributed by atoms with Gasteiger partial charge in [0.15, 0.2) is 0 Å². The van der Waals surface area contributed by atoms with Crippen LogP contribution < -0.4 is 5.32 Å². The Hall–Kier alpha value is -0.0800. The summed E-state index contributed by atoms with van der Waals surface area (Å²) in [6.45, 7) is 16.5. The maximum absolute atomic E-state index is 3.57. The van der Waals surface area contributed by atoms with Crippen molar-refractivity contribution in [1.29, 1.82) is 0 Å². The van der Waals surface area contributed by atoms with Gasteiger partial charge in [0.25, 0.3) is 0 Å². The van der Waals surface area contributed by atoms with Crippen molar-refractivity contribution in [2.75, 3.05) is 26.2 Å². The van der Waals surface area contributed by atoms with Crippen LogP contribution >= 0.6 is 0 Å². The Morgan fingerprint density at radius 2 is 1.85 bits per heavy atom. The van der Waals surface area contributed by atoms with Gasteiger partial charge in [-0.05, 0) is 50.1 Å². The molecular weight excluding hydrogens is 244 g/mol. The van der Waals surface area contributed by atoms with Gasteiger partial charge in [0.05, 0.1) is 0 Å². The lowest BCUT2D eigenvalue weighted by molar-refractivity contribution is 0.109. The highest BCUT2D eigenvalue weighted by Gasteiger charge is 2.30. The summed E-state index contributed by atoms with van der Waals surface area (Å²) < 4.78 is 0. The average molecular weight is 283 g/mol. The SMILES string of the molecule is CCNCC(C)(CC)CN(CCC(C)C)C1CCCC1. The van der Waals surface area contributed by atoms with E-state index in [4.69, 9.17) is 0 Å². The fourth-order valence-electron chi connectivity index (χ4n) is 3.29. The van der Waals surface area contributed by atoms with Gasteiger partial charge in [-0.1, -0.05) is 47.5 Å². The Bertz CT molecular complexity index is 246. The highest BCUT2D eigenvalue weighted by molar-refractivity contribution is 4.85. The average Bonchev–Trinajstić information content (AvgIpc) is 2.95. The molecule has 0 radical (unpaired) electrons. The minimum Gasteiger partial charge on any atom is -0.316 e. The van der Waals surface area contributed by atoms with Gasteiger partial charge in [0.2, 0.25) is 0 Å². The van der Waals surface area contributed by atoms with Crippen LogP contribution in [0.1, 0.15) is 73.1 Å². The summed E-state index contributed by atoms with van der Waals surface area (Å²) in [6.07, 6.45) is 8.36. The maximum Gasteiger partial charge on any atom is 0.00955 e. The van der Waals surface area contributed by atoms with E-state index < -0.39 is 0 Å². The first kappa shape index (κ1) is 18.0. The van der Waals surface area contributed by atoms with E-state index in [0.717, 1.165) is 25.0 Å². The molecule has 0 aromatic carbocycles. The van der Waals surface area contributed by atoms with Gasteiger partial charge in [0, 0.05) is 19.1 Å². The standard InChI is InChI=1S/C18H38N2/c1-6-18(5,14-19-7-2)15-20(13-12-16(3)4)17-10-8-9-11-17/h16-17,19H,6-15H2,1-5H3. The van der Waals surface area contributed by atoms with Crippen molar-refractivity contribution >= 4 is 0 Å². The first-order valence-corrected chi connectivity index (χ1v) is 8.95. The van der Waals surface area contributed by atoms with Crippen LogP contribution in [0.2, 0.25) is 0 Å². The summed E-state index contributed by atoms with van der Waals surface area (Å²) >= 11 is 0. The molecule has 2 heteroatoms. The molecule has 0 aromatic heterocycles. The summed E-state index contributed by atoms with van der Waals surface area (Å²) in [5.74, 6) is 0.820. The molecular formula is C18H38N2. The Morgan fingerprint density at radius 1 is 1.20 bits per heavy atom. The number of rotatable bonds is 10. The largest absolute Gasteiger partial charge is 0.316 e. The highest BCUT2D eigenvalue weighted by Crippen LogP contribution is 2.29. The van der Waals surface area contributed by atoms with Crippen LogP contribution in [0.25, 0.3) is 0 Å². The van der Waals surface area contributed by atoms with Crippen LogP contribution in [0.5, 0.6) is 0 Å². The smallest absolute Gasteiger partial charge is 0.00955 e. The number of nitrogens with zero attached hydrogens (tertiary/aromatic N) is 1. The fraction of sp³-hybridized carbons (Fsp3) is 1.00. The summed E-state index contributed by atoms with van der Waals surface area (Å²) in [5.41, 5.74) is 0.426. The van der Waals surface area contributed by atoms with Gasteiger partial charge in [-0.2, -0.15) is 0 Å². The van der Waals surface area contributed by atoms with Crippen molar-refractivity contribution in [3.05, 3.63) is 0 Å². The first-order chi connectivity index (χ1) is 9.50. The molecule has 0 spiro atoms. The van der Waals surface area contributed by atoms with Crippen molar-refractivity contribution in [3.8, 4) is 0 Å². The Balaban J connectivity index is 2.60. The number of nitrogens with one attached hydrogen (secondary N) is 1. The summed E-state index contributed by atoms with van der Waals surface area (Å²) in [7, 11) is 0. The third-order valence-corrected chi connectivity index (χ3v) is 5.07. The third-order valence-electron chi connectivity index (χ3n) is 5.07. The van der Waals surface area contributed by atoms with E-state index in [-0.39, 0.29) is 0 Å². The molecule has 1 fully saturated rings. The van der Waals surface area contributed by atoms with Crippen molar-refractivity contribution in [3.63, 3.8) is 0 Å². The molecule has 1 aliphatic carbocycles. The van der Waals surface area contributed by atoms with Gasteiger partial charge < -0.3 is 5.32 Å². The lowest BCUT2D eigenvalue weighted by Gasteiger charge is -2.38. The molecule has 1 saturated carbocycles. The predicted molar refractivity (Wildman–Crippen MR) is 90.2 cm³/mol. The Labute approximate surface area is 127 Å². The van der Waals surface area contributed by atoms with Crippen molar-refractivity contribution in [1.82, 2.24) is 10.2 Å². The van der Waals surface area contributed by atoms with E-state index in [1.54, 1.807) is 0 Å². The van der Waals surface area contributed by atoms with E-state index in [1.807, 2.05) is 0 Å². The van der Waals surface area contributed by atoms with Crippen LogP contribution in [0, 0.1) is 11.3 Å². The van der Waals surface area contributed by atoms with E-state index in [2.05, 4.69) is 44.8 Å². The molecule has 2 nitrogen and oxygen atoms in total. The maximum atomic E-state index is 3.57. The molecule has 0 bridgehead atoms. The predicted octanol–water partition coefficient (Wildman–Crippen LogP) is 4.30. The molecule has 0 aliphatic heterocycles. The summed E-state index contributed by atoms with van der Waals surface area (Å²) in [5, 5.41) is 3.57. The van der Waals surface area contributed by atoms with E-state index in [1.165, 1.54) is 51.6 Å². The lowest BCUT2D eigenvalue weighted by Crippen LogP contribution is -2.46. The normalized spacial score (nSPS) is 19.9. The molecule has 1 N–H and O–H groups in total. The molecule has 0 saturated heterocycles. The second-order valence-corrected chi connectivity index (χ2v) is 7.54. The number of hydrogen-bond acceptors (Lipinski definition) is 2. The number of hydrogen-bond donors (Lipinski definition) is 1. The van der Waals surface area contributed by atoms with Crippen LogP contribution in [0.3, 0.4) is 0 Å². The second-order valence-electron chi connectivity index (χ2n) is 7.54. The van der Waals surface area contributed by atoms with E-state index >= 15 is 0 Å². The molecule has 0 amide bonds. The fourth-order valence-corrected chi connectivity index (χ4v) is 3.29. The molecule has 1 unspecified atom stereocenters. The quantitative estimate of drug-likeness (QED) is 0.642. The van der Waals surface area contributed by atoms with Crippen LogP contribution in [-0.4, -0.2) is 37.1 Å². The molecule has 120 valence electrons. The lowest BCUT2D eigenvalue weighted by atomic mass is 9.86. The molecule has 1 rings (SSSR count). The molecule has 0 aromatic rings. The topological polar surface area (TPSA) is 15.3 Å². The Kier molecular flexibility index (Phi) is 8.13. The van der Waals surface area contributed by atoms with Crippen LogP contribution in [0.15, 0.2) is 0 Å². The zero-order valence-corrected chi connectivity index (χ0v) is 14.7. The zero-order chi connectivity index (χ0) is 15.0. The van der Waals surface area contributed by atoms with Gasteiger partial charge in [-0.25, -0.2) is 0 Å². The molecule has 1 aliphatic rings. The Morgan fingerprint density at radius 3 is 2.35 bits per heavy atom. The first-order valence-electron chi connectivity index (χ1n) is 8.95. The molecule has 20 heavy (non-hydrogen) atoms. The van der Waals surface area contributed by atoms with Crippen molar-refractivity contribution in [2.45, 2.75) is 79.2 Å². The van der Waals surface area contributed by atoms with Crippen LogP contribution in [-0.2, 0) is 0 Å². The minimum absolute atomic E-state index is 0.426. The van der Waals surface area contributed by atoms with Gasteiger partial charge >= 0.3 is 0 Å². The summed E-state index contributed by atoms with van der Waals surface area (Å²) in [6, 6.07) is 0.862. The van der Waals surface area contributed by atoms with Crippen molar-refractivity contribution < 1.29 is 0 Å². The highest BCUT2D eigenvalue weighted by atomic mass is 15.2. The van der Waals surface area contributed by atoms with E-state index in [9.17, 15) is 0 Å². The minimum atomic E-state index is 0.426. The summed E-state index contributed by atoms with van der Waals surface area (Å²) in [4.78, 5) is 2.83. The monoisotopic (exact) mass is 282 g/mol. The third kappa shape index (κ3) is 6.13. The van der Waals surface area contributed by atoms with Gasteiger partial charge in [-0.15, -0.1) is 0 Å². The van der Waals surface area contributed by atoms with Crippen LogP contribution in [0.4, 0.5) is 0 Å². The van der Waals surface area contributed by atoms with Gasteiger partial charge in [-0.3, -0.25) is 4.90 Å². The van der Waals surface area contributed by atoms with Crippen molar-refractivity contribution in [2.24, 2.45) is 11.3 Å². The molecule has 0 heterocycles. The van der Waals surface area contributed by atoms with Gasteiger partial charge in [0.1, 0.15) is 0 Å². The second kappa shape index (κ2) is 9.04. The zero-order valence-electron chi connectivity index (χ0n) is 14.7. The van der Waals surface area contributed by atoms with E-state index in [0.29, 0.717) is 5.41 Å². The molecule has 1 atom stereocenters.